The van der Waals surface area contributed by atoms with E-state index in [1.807, 2.05) is 24.3 Å². The van der Waals surface area contributed by atoms with Crippen molar-refractivity contribution in [3.8, 4) is 11.5 Å². The van der Waals surface area contributed by atoms with Gasteiger partial charge in [0.25, 0.3) is 5.91 Å². The molecule has 42 heavy (non-hydrogen) atoms. The van der Waals surface area contributed by atoms with Crippen molar-refractivity contribution in [1.82, 2.24) is 9.88 Å². The van der Waals surface area contributed by atoms with E-state index < -0.39 is 0 Å². The Morgan fingerprint density at radius 3 is 2.33 bits per heavy atom. The number of para-hydroxylation sites is 2. The van der Waals surface area contributed by atoms with Crippen molar-refractivity contribution in [3.63, 3.8) is 0 Å². The second-order valence-corrected chi connectivity index (χ2v) is 10.5. The second-order valence-electron chi connectivity index (χ2n) is 10.5. The molecule has 0 saturated heterocycles. The highest BCUT2D eigenvalue weighted by atomic mass is 16.5. The molecule has 2 heterocycles. The van der Waals surface area contributed by atoms with E-state index in [0.29, 0.717) is 44.9 Å². The summed E-state index contributed by atoms with van der Waals surface area (Å²) in [7, 11) is 3.32. The van der Waals surface area contributed by atoms with Gasteiger partial charge in [0.1, 0.15) is 0 Å². The lowest BCUT2D eigenvalue weighted by molar-refractivity contribution is 0.102. The lowest BCUT2D eigenvalue weighted by Crippen LogP contribution is -2.32. The molecule has 0 radical (unpaired) electrons. The molecule has 0 spiro atoms. The van der Waals surface area contributed by atoms with E-state index in [-0.39, 0.29) is 11.3 Å². The monoisotopic (exact) mass is 561 g/mol. The topological polar surface area (TPSA) is 101 Å². The number of aromatic nitrogens is 1. The first-order chi connectivity index (χ1) is 20.5. The van der Waals surface area contributed by atoms with Crippen LogP contribution in [0.25, 0.3) is 21.8 Å². The fraction of sp³-hybridized carbons (Fsp3) is 0.206. The summed E-state index contributed by atoms with van der Waals surface area (Å²) in [4.78, 5) is 43.6. The van der Waals surface area contributed by atoms with Crippen LogP contribution in [0.15, 0.2) is 77.6 Å². The Kier molecular flexibility index (Phi) is 7.46. The number of aldehydes is 1. The van der Waals surface area contributed by atoms with Crippen molar-refractivity contribution in [1.29, 1.82) is 0 Å². The van der Waals surface area contributed by atoms with Crippen LogP contribution in [0.1, 0.15) is 37.4 Å². The molecule has 212 valence electrons. The summed E-state index contributed by atoms with van der Waals surface area (Å²) in [6.45, 7) is 2.76. The number of hydrogen-bond acceptors (Lipinski definition) is 6. The number of pyridine rings is 1. The fourth-order valence-electron chi connectivity index (χ4n) is 5.71. The van der Waals surface area contributed by atoms with Crippen LogP contribution in [0.4, 0.5) is 5.69 Å². The van der Waals surface area contributed by atoms with Gasteiger partial charge in [-0.2, -0.15) is 0 Å². The highest BCUT2D eigenvalue weighted by Crippen LogP contribution is 2.33. The van der Waals surface area contributed by atoms with Crippen molar-refractivity contribution < 1.29 is 19.1 Å². The molecule has 4 aromatic carbocycles. The minimum atomic E-state index is -0.342. The smallest absolute Gasteiger partial charge is 0.257 e. The maximum atomic E-state index is 13.3. The lowest BCUT2D eigenvalue weighted by atomic mass is 9.98. The number of aromatic amines is 1. The minimum absolute atomic E-state index is 0.225. The highest BCUT2D eigenvalue weighted by Gasteiger charge is 2.20. The summed E-state index contributed by atoms with van der Waals surface area (Å²) in [6, 6.07) is 22.0. The minimum Gasteiger partial charge on any atom is -0.493 e. The van der Waals surface area contributed by atoms with Crippen LogP contribution in [-0.2, 0) is 19.4 Å². The number of carbonyl (C=O) groups excluding carboxylic acids is 2. The molecule has 1 aromatic heterocycles. The van der Waals surface area contributed by atoms with Gasteiger partial charge < -0.3 is 19.8 Å². The van der Waals surface area contributed by atoms with Gasteiger partial charge in [0.2, 0.25) is 0 Å². The lowest BCUT2D eigenvalue weighted by Gasteiger charge is -2.29. The van der Waals surface area contributed by atoms with Crippen LogP contribution >= 0.6 is 0 Å². The molecule has 0 saturated carbocycles. The van der Waals surface area contributed by atoms with Gasteiger partial charge in [-0.3, -0.25) is 19.3 Å². The van der Waals surface area contributed by atoms with Gasteiger partial charge >= 0.3 is 0 Å². The number of benzene rings is 4. The third-order valence-electron chi connectivity index (χ3n) is 8.00. The molecule has 0 fully saturated rings. The maximum Gasteiger partial charge on any atom is 0.257 e. The first-order valence-corrected chi connectivity index (χ1v) is 13.9. The van der Waals surface area contributed by atoms with Gasteiger partial charge in [0.15, 0.2) is 23.2 Å². The van der Waals surface area contributed by atoms with Crippen molar-refractivity contribution in [3.05, 3.63) is 111 Å². The summed E-state index contributed by atoms with van der Waals surface area (Å²) < 4.78 is 10.9. The molecular formula is C34H31N3O5. The third kappa shape index (κ3) is 5.12. The van der Waals surface area contributed by atoms with Crippen molar-refractivity contribution in [2.24, 2.45) is 0 Å². The average Bonchev–Trinajstić information content (AvgIpc) is 3.03. The Labute approximate surface area is 242 Å². The molecule has 8 nitrogen and oxygen atoms in total. The number of rotatable bonds is 8. The molecule has 8 heteroatoms. The molecule has 0 unspecified atom stereocenters. The van der Waals surface area contributed by atoms with E-state index in [1.165, 1.54) is 16.7 Å². The van der Waals surface area contributed by atoms with Gasteiger partial charge in [-0.1, -0.05) is 24.3 Å². The Bertz CT molecular complexity index is 1880. The number of nitrogens with zero attached hydrogens (tertiary/aromatic N) is 1. The number of anilines is 1. The number of methoxy groups -OCH3 is 2. The number of nitrogens with one attached hydrogen (secondary N) is 2. The van der Waals surface area contributed by atoms with E-state index in [9.17, 15) is 14.4 Å². The van der Waals surface area contributed by atoms with Gasteiger partial charge in [0, 0.05) is 41.7 Å². The van der Waals surface area contributed by atoms with Gasteiger partial charge in [0.05, 0.1) is 30.8 Å². The third-order valence-corrected chi connectivity index (χ3v) is 8.00. The number of H-pyrrole nitrogens is 1. The predicted octanol–water partition coefficient (Wildman–Crippen LogP) is 5.36. The van der Waals surface area contributed by atoms with Crippen LogP contribution in [0.3, 0.4) is 0 Å². The Morgan fingerprint density at radius 2 is 1.62 bits per heavy atom. The summed E-state index contributed by atoms with van der Waals surface area (Å²) in [5.41, 5.74) is 5.69. The standard InChI is InChI=1S/C34H31N3O5/c1-41-29-17-22-14-16-37(19-24(22)18-30(29)42-2)15-13-21-9-11-25(12-10-21)35-34(40)28-8-4-7-27-32(28)36-31-23(20-38)5-3-6-26(31)33(27)39/h3-12,17-18,20H,13-16,19H2,1-2H3,(H,35,40)(H,36,39). The van der Waals surface area contributed by atoms with Crippen LogP contribution in [0.2, 0.25) is 0 Å². The molecule has 1 aliphatic heterocycles. The molecular weight excluding hydrogens is 530 g/mol. The normalized spacial score (nSPS) is 13.1. The molecule has 0 bridgehead atoms. The van der Waals surface area contributed by atoms with Crippen molar-refractivity contribution >= 4 is 39.7 Å². The van der Waals surface area contributed by atoms with Gasteiger partial charge in [-0.05, 0) is 78.1 Å². The number of amides is 1. The van der Waals surface area contributed by atoms with E-state index in [0.717, 1.165) is 44.0 Å². The van der Waals surface area contributed by atoms with E-state index in [4.69, 9.17) is 9.47 Å². The van der Waals surface area contributed by atoms with Crippen molar-refractivity contribution in [2.45, 2.75) is 19.4 Å². The number of fused-ring (bicyclic) bond motifs is 3. The zero-order chi connectivity index (χ0) is 29.2. The first kappa shape index (κ1) is 27.2. The fourth-order valence-corrected chi connectivity index (χ4v) is 5.71. The van der Waals surface area contributed by atoms with Crippen molar-refractivity contribution in [2.75, 3.05) is 32.6 Å². The molecule has 6 rings (SSSR count). The number of carbonyl (C=O) groups is 2. The van der Waals surface area contributed by atoms with Crippen LogP contribution < -0.4 is 20.2 Å². The SMILES string of the molecule is COc1cc2c(cc1OC)CN(CCc1ccc(NC(=O)c3cccc4c(=O)c5cccc(C=O)c5[nH]c34)cc1)CC2. The van der Waals surface area contributed by atoms with E-state index in [1.54, 1.807) is 50.6 Å². The maximum absolute atomic E-state index is 13.3. The Balaban J connectivity index is 1.14. The molecule has 1 aliphatic rings. The quantitative estimate of drug-likeness (QED) is 0.195. The molecule has 2 N–H and O–H groups in total. The Morgan fingerprint density at radius 1 is 0.929 bits per heavy atom. The van der Waals surface area contributed by atoms with Gasteiger partial charge in [-0.15, -0.1) is 0 Å². The predicted molar refractivity (Wildman–Crippen MR) is 164 cm³/mol. The highest BCUT2D eigenvalue weighted by molar-refractivity contribution is 6.13. The molecule has 5 aromatic rings. The summed E-state index contributed by atoms with van der Waals surface area (Å²) in [5.74, 6) is 1.18. The largest absolute Gasteiger partial charge is 0.493 e. The van der Waals surface area contributed by atoms with Gasteiger partial charge in [-0.25, -0.2) is 0 Å². The summed E-state index contributed by atoms with van der Waals surface area (Å²) in [6.07, 6.45) is 2.55. The number of ether oxygens (including phenoxy) is 2. The molecule has 0 aliphatic carbocycles. The van der Waals surface area contributed by atoms with E-state index in [2.05, 4.69) is 27.3 Å². The van der Waals surface area contributed by atoms with Crippen LogP contribution in [0.5, 0.6) is 11.5 Å². The van der Waals surface area contributed by atoms with E-state index >= 15 is 0 Å². The zero-order valence-corrected chi connectivity index (χ0v) is 23.5. The van der Waals surface area contributed by atoms with Crippen LogP contribution in [0, 0.1) is 0 Å². The zero-order valence-electron chi connectivity index (χ0n) is 23.5. The number of hydrogen-bond donors (Lipinski definition) is 2. The summed E-state index contributed by atoms with van der Waals surface area (Å²) >= 11 is 0. The summed E-state index contributed by atoms with van der Waals surface area (Å²) in [5, 5.41) is 3.75. The average molecular weight is 562 g/mol. The Hall–Kier alpha value is -4.95. The molecule has 0 atom stereocenters. The van der Waals surface area contributed by atoms with Crippen LogP contribution in [-0.4, -0.2) is 49.4 Å². The molecule has 1 amide bonds. The second kappa shape index (κ2) is 11.5. The first-order valence-electron chi connectivity index (χ1n) is 13.9.